The van der Waals surface area contributed by atoms with Crippen molar-refractivity contribution in [2.45, 2.75) is 58.3 Å². The van der Waals surface area contributed by atoms with Crippen LogP contribution in [0.25, 0.3) is 87.7 Å². The lowest BCUT2D eigenvalue weighted by Gasteiger charge is -2.27. The Bertz CT molecular complexity index is 4230. The topological polar surface area (TPSA) is 32.8 Å². The molecule has 0 radical (unpaired) electrons. The Morgan fingerprint density at radius 3 is 1.15 bits per heavy atom. The number of nitrogens with zero attached hydrogens (tertiary/aromatic N) is 2. The number of hydrogen-bond donors (Lipinski definition) is 0. The van der Waals surface area contributed by atoms with Crippen molar-refractivity contribution in [3.63, 3.8) is 0 Å². The maximum Gasteiger partial charge on any atom is 0.142 e. The number of para-hydroxylation sites is 2. The number of benzene rings is 11. The van der Waals surface area contributed by atoms with Gasteiger partial charge in [-0.1, -0.05) is 151 Å². The Morgan fingerprint density at radius 1 is 0.320 bits per heavy atom. The second-order valence-corrected chi connectivity index (χ2v) is 22.3. The summed E-state index contributed by atoms with van der Waals surface area (Å²) in [7, 11) is 0. The van der Waals surface area contributed by atoms with E-state index in [0.29, 0.717) is 0 Å². The largest absolute Gasteiger partial charge is 0.456 e. The van der Waals surface area contributed by atoms with Gasteiger partial charge in [-0.05, 0) is 175 Å². The summed E-state index contributed by atoms with van der Waals surface area (Å²) in [5, 5.41) is 8.99. The molecule has 15 rings (SSSR count). The van der Waals surface area contributed by atoms with Gasteiger partial charge < -0.3 is 18.6 Å². The summed E-state index contributed by atoms with van der Waals surface area (Å²) in [4.78, 5) is 4.76. The minimum absolute atomic E-state index is 0.0598. The van der Waals surface area contributed by atoms with Gasteiger partial charge in [0.25, 0.3) is 0 Å². The van der Waals surface area contributed by atoms with E-state index >= 15 is 0 Å². The lowest BCUT2D eigenvalue weighted by molar-refractivity contribution is 0.638. The van der Waals surface area contributed by atoms with Crippen LogP contribution in [0.2, 0.25) is 0 Å². The normalized spacial score (nSPS) is 14.1. The Hall–Kier alpha value is -8.86. The Morgan fingerprint density at radius 2 is 0.707 bits per heavy atom. The van der Waals surface area contributed by atoms with Crippen LogP contribution in [0, 0.1) is 0 Å². The summed E-state index contributed by atoms with van der Waals surface area (Å²) in [6, 6.07) is 78.2. The van der Waals surface area contributed by atoms with Gasteiger partial charge in [-0.15, -0.1) is 0 Å². The van der Waals surface area contributed by atoms with E-state index in [1.54, 1.807) is 0 Å². The number of hydrogen-bond acceptors (Lipinski definition) is 4. The van der Waals surface area contributed by atoms with E-state index < -0.39 is 0 Å². The molecule has 13 aromatic rings. The quantitative estimate of drug-likeness (QED) is 0.159. The van der Waals surface area contributed by atoms with Crippen molar-refractivity contribution in [3.05, 3.63) is 240 Å². The highest BCUT2D eigenvalue weighted by molar-refractivity contribution is 6.20. The van der Waals surface area contributed by atoms with Crippen molar-refractivity contribution < 1.29 is 8.83 Å². The van der Waals surface area contributed by atoms with E-state index in [4.69, 9.17) is 8.83 Å². The van der Waals surface area contributed by atoms with Crippen molar-refractivity contribution in [3.8, 4) is 22.3 Å². The van der Waals surface area contributed by atoms with Crippen LogP contribution in [0.15, 0.2) is 221 Å². The molecular weight excluding hydrogens is 913 g/mol. The molecule has 4 nitrogen and oxygen atoms in total. The van der Waals surface area contributed by atoms with Gasteiger partial charge in [0.1, 0.15) is 22.3 Å². The fraction of sp³-hybridized carbons (Fsp3) is 0.127. The first-order chi connectivity index (χ1) is 36.5. The summed E-state index contributed by atoms with van der Waals surface area (Å²) in [5.74, 6) is 0.146. The van der Waals surface area contributed by atoms with Gasteiger partial charge in [-0.25, -0.2) is 0 Å². The molecule has 11 aromatic carbocycles. The van der Waals surface area contributed by atoms with Crippen LogP contribution in [0.4, 0.5) is 34.1 Å². The number of fused-ring (bicyclic) bond motifs is 14. The zero-order chi connectivity index (χ0) is 50.5. The lowest BCUT2D eigenvalue weighted by atomic mass is 9.82. The van der Waals surface area contributed by atoms with Crippen LogP contribution in [-0.2, 0) is 10.8 Å². The van der Waals surface area contributed by atoms with Crippen LogP contribution in [0.5, 0.6) is 0 Å². The van der Waals surface area contributed by atoms with E-state index in [1.165, 1.54) is 44.5 Å². The van der Waals surface area contributed by atoms with Crippen LogP contribution in [-0.4, -0.2) is 0 Å². The third-order valence-electron chi connectivity index (χ3n) is 16.9. The first kappa shape index (κ1) is 43.7. The average molecular weight is 967 g/mol. The van der Waals surface area contributed by atoms with Crippen molar-refractivity contribution >= 4 is 99.5 Å². The van der Waals surface area contributed by atoms with E-state index in [-0.39, 0.29) is 16.7 Å². The Kier molecular flexibility index (Phi) is 9.22. The van der Waals surface area contributed by atoms with Gasteiger partial charge in [0.05, 0.1) is 0 Å². The molecule has 0 bridgehead atoms. The molecule has 0 fully saturated rings. The van der Waals surface area contributed by atoms with E-state index in [0.717, 1.165) is 105 Å². The fourth-order valence-electron chi connectivity index (χ4n) is 13.2. The molecule has 0 unspecified atom stereocenters. The SMILES string of the molecule is CC(C)c1c2oc3cc4cc(N(c5ccccc5)c5ccc6c(c5)-c5ccccc5C6(C)C)ccc4cc3c2cc2c1oc1cc3cc(N(c4ccccc4)c4ccc5c(c4)-c4ccccc4C5(C)C)ccc3cc12. The molecule has 2 aliphatic carbocycles. The highest BCUT2D eigenvalue weighted by Gasteiger charge is 2.37. The lowest BCUT2D eigenvalue weighted by Crippen LogP contribution is -2.15. The highest BCUT2D eigenvalue weighted by Crippen LogP contribution is 2.53. The number of anilines is 6. The molecule has 0 saturated heterocycles. The van der Waals surface area contributed by atoms with Gasteiger partial charge >= 0.3 is 0 Å². The standard InChI is InChI=1S/C71H54N2O2/c1-42(2)67-68-59(57-35-43-25-27-49(33-45(43)37-65(57)74-68)72(47-17-9-7-10-18-47)51-29-31-63-55(39-51)53-21-13-15-23-61(53)70(63,3)4)41-60-58-36-44-26-28-50(34-46(44)38-66(58)75-69(60)67)73(48-19-11-8-12-20-48)52-30-32-64-56(40-52)54-22-14-16-24-62(54)71(64,5)6/h7-42H,1-6H3. The summed E-state index contributed by atoms with van der Waals surface area (Å²) >= 11 is 0. The van der Waals surface area contributed by atoms with Gasteiger partial charge in [-0.3, -0.25) is 0 Å². The zero-order valence-electron chi connectivity index (χ0n) is 43.0. The Labute approximate surface area is 436 Å². The summed E-state index contributed by atoms with van der Waals surface area (Å²) in [6.07, 6.45) is 0. The fourth-order valence-corrected chi connectivity index (χ4v) is 13.2. The van der Waals surface area contributed by atoms with Crippen LogP contribution < -0.4 is 9.80 Å². The first-order valence-corrected chi connectivity index (χ1v) is 26.4. The summed E-state index contributed by atoms with van der Waals surface area (Å²) < 4.78 is 14.0. The molecule has 0 N–H and O–H groups in total. The molecule has 0 atom stereocenters. The molecule has 2 heterocycles. The molecular formula is C71H54N2O2. The molecule has 0 amide bonds. The predicted octanol–water partition coefficient (Wildman–Crippen LogP) is 20.5. The smallest absolute Gasteiger partial charge is 0.142 e. The van der Waals surface area contributed by atoms with E-state index in [1.807, 2.05) is 0 Å². The average Bonchev–Trinajstić information content (AvgIpc) is 4.12. The molecule has 0 spiro atoms. The van der Waals surface area contributed by atoms with Crippen molar-refractivity contribution in [1.82, 2.24) is 0 Å². The molecule has 360 valence electrons. The molecule has 2 aliphatic rings. The van der Waals surface area contributed by atoms with E-state index in [2.05, 4.69) is 264 Å². The van der Waals surface area contributed by atoms with Crippen LogP contribution in [0.1, 0.15) is 75.3 Å². The van der Waals surface area contributed by atoms with Gasteiger partial charge in [0.15, 0.2) is 0 Å². The molecule has 0 saturated carbocycles. The highest BCUT2D eigenvalue weighted by atomic mass is 16.3. The molecule has 2 aromatic heterocycles. The first-order valence-electron chi connectivity index (χ1n) is 26.4. The Balaban J connectivity index is 0.839. The zero-order valence-corrected chi connectivity index (χ0v) is 43.0. The maximum atomic E-state index is 7.01. The molecule has 0 aliphatic heterocycles. The van der Waals surface area contributed by atoms with Gasteiger partial charge in [0, 0.05) is 72.1 Å². The summed E-state index contributed by atoms with van der Waals surface area (Å²) in [6.45, 7) is 13.8. The third kappa shape index (κ3) is 6.42. The van der Waals surface area contributed by atoms with Crippen LogP contribution >= 0.6 is 0 Å². The van der Waals surface area contributed by atoms with Crippen molar-refractivity contribution in [2.24, 2.45) is 0 Å². The number of furan rings is 2. The second kappa shape index (κ2) is 15.8. The maximum absolute atomic E-state index is 7.01. The van der Waals surface area contributed by atoms with E-state index in [9.17, 15) is 0 Å². The van der Waals surface area contributed by atoms with Crippen LogP contribution in [0.3, 0.4) is 0 Å². The minimum Gasteiger partial charge on any atom is -0.456 e. The third-order valence-corrected chi connectivity index (χ3v) is 16.9. The summed E-state index contributed by atoms with van der Waals surface area (Å²) in [5.41, 5.74) is 21.8. The van der Waals surface area contributed by atoms with Crippen molar-refractivity contribution in [1.29, 1.82) is 0 Å². The number of rotatable bonds is 7. The predicted molar refractivity (Wildman–Crippen MR) is 315 cm³/mol. The molecule has 75 heavy (non-hydrogen) atoms. The minimum atomic E-state index is -0.0598. The van der Waals surface area contributed by atoms with Gasteiger partial charge in [0.2, 0.25) is 0 Å². The second-order valence-electron chi connectivity index (χ2n) is 22.3. The van der Waals surface area contributed by atoms with Crippen molar-refractivity contribution in [2.75, 3.05) is 9.80 Å². The molecule has 4 heteroatoms. The van der Waals surface area contributed by atoms with Gasteiger partial charge in [-0.2, -0.15) is 0 Å². The monoisotopic (exact) mass is 966 g/mol.